The van der Waals surface area contributed by atoms with Crippen molar-refractivity contribution < 1.29 is 9.53 Å². The first kappa shape index (κ1) is 19.7. The van der Waals surface area contributed by atoms with Gasteiger partial charge in [0.05, 0.1) is 7.11 Å². The number of aromatic nitrogens is 5. The largest absolute Gasteiger partial charge is 0.481 e. The van der Waals surface area contributed by atoms with E-state index in [9.17, 15) is 4.79 Å². The minimum absolute atomic E-state index is 0.235. The number of methoxy groups -OCH3 is 1. The van der Waals surface area contributed by atoms with Crippen LogP contribution in [0, 0.1) is 0 Å². The lowest BCUT2D eigenvalue weighted by atomic mass is 10.1. The molecular weight excluding hydrogens is 408 g/mol. The van der Waals surface area contributed by atoms with Gasteiger partial charge < -0.3 is 20.7 Å². The molecule has 0 saturated heterocycles. The summed E-state index contributed by atoms with van der Waals surface area (Å²) in [5.74, 6) is 1.45. The van der Waals surface area contributed by atoms with E-state index < -0.39 is 0 Å². The average Bonchev–Trinajstić information content (AvgIpc) is 3.53. The topological polar surface area (TPSA) is 119 Å². The van der Waals surface area contributed by atoms with Gasteiger partial charge in [-0.05, 0) is 36.6 Å². The molecule has 32 heavy (non-hydrogen) atoms. The van der Waals surface area contributed by atoms with Crippen LogP contribution < -0.4 is 20.7 Å². The number of carbonyl (C=O) groups is 1. The summed E-state index contributed by atoms with van der Waals surface area (Å²) in [6.07, 6.45) is 5.24. The van der Waals surface area contributed by atoms with Crippen molar-refractivity contribution in [2.75, 3.05) is 24.8 Å². The number of carbonyl (C=O) groups excluding carboxylic acids is 1. The van der Waals surface area contributed by atoms with Crippen molar-refractivity contribution in [3.63, 3.8) is 0 Å². The summed E-state index contributed by atoms with van der Waals surface area (Å²) in [7, 11) is 3.34. The van der Waals surface area contributed by atoms with Crippen molar-refractivity contribution in [1.29, 1.82) is 0 Å². The highest BCUT2D eigenvalue weighted by atomic mass is 16.5. The maximum Gasteiger partial charge on any atom is 0.328 e. The lowest BCUT2D eigenvalue weighted by Gasteiger charge is -2.10. The third-order valence-electron chi connectivity index (χ3n) is 5.15. The van der Waals surface area contributed by atoms with E-state index in [1.165, 1.54) is 10.9 Å². The van der Waals surface area contributed by atoms with Gasteiger partial charge in [0.25, 0.3) is 0 Å². The second-order valence-electron chi connectivity index (χ2n) is 7.45. The number of pyridine rings is 1. The van der Waals surface area contributed by atoms with E-state index in [0.717, 1.165) is 29.7 Å². The maximum atomic E-state index is 12.6. The number of ether oxygens (including phenoxy) is 1. The first-order valence-corrected chi connectivity index (χ1v) is 10.3. The molecule has 3 N–H and O–H groups in total. The Morgan fingerprint density at radius 3 is 2.72 bits per heavy atom. The van der Waals surface area contributed by atoms with Crippen LogP contribution in [0.5, 0.6) is 5.88 Å². The molecular formula is C22H22N8O2. The number of anilines is 3. The van der Waals surface area contributed by atoms with Crippen LogP contribution in [0.25, 0.3) is 22.3 Å². The van der Waals surface area contributed by atoms with Crippen molar-refractivity contribution in [1.82, 2.24) is 29.8 Å². The van der Waals surface area contributed by atoms with Gasteiger partial charge in [0.1, 0.15) is 6.33 Å². The van der Waals surface area contributed by atoms with Crippen LogP contribution in [0.15, 0.2) is 48.9 Å². The quantitative estimate of drug-likeness (QED) is 0.426. The molecule has 0 radical (unpaired) electrons. The first-order valence-electron chi connectivity index (χ1n) is 10.3. The Bertz CT molecular complexity index is 1280. The summed E-state index contributed by atoms with van der Waals surface area (Å²) in [6.45, 7) is 0. The maximum absolute atomic E-state index is 12.6. The molecule has 10 nitrogen and oxygen atoms in total. The van der Waals surface area contributed by atoms with Gasteiger partial charge in [-0.2, -0.15) is 9.97 Å². The summed E-state index contributed by atoms with van der Waals surface area (Å²) in [6, 6.07) is 11.6. The number of rotatable bonds is 6. The summed E-state index contributed by atoms with van der Waals surface area (Å²) in [5, 5.41) is 9.22. The van der Waals surface area contributed by atoms with Crippen LogP contribution in [-0.2, 0) is 0 Å². The van der Waals surface area contributed by atoms with E-state index in [0.29, 0.717) is 28.8 Å². The molecule has 1 aliphatic carbocycles. The van der Waals surface area contributed by atoms with E-state index in [1.807, 2.05) is 36.4 Å². The van der Waals surface area contributed by atoms with E-state index >= 15 is 0 Å². The van der Waals surface area contributed by atoms with Crippen molar-refractivity contribution in [2.45, 2.75) is 18.9 Å². The van der Waals surface area contributed by atoms with Gasteiger partial charge in [-0.1, -0.05) is 12.1 Å². The van der Waals surface area contributed by atoms with Gasteiger partial charge in [-0.25, -0.2) is 19.3 Å². The predicted octanol–water partition coefficient (Wildman–Crippen LogP) is 3.40. The van der Waals surface area contributed by atoms with Gasteiger partial charge in [0.15, 0.2) is 17.0 Å². The highest BCUT2D eigenvalue weighted by molar-refractivity contribution is 5.92. The molecule has 0 bridgehead atoms. The zero-order valence-electron chi connectivity index (χ0n) is 17.7. The SMILES string of the molecule is CNc1nc(Nc2cccc(-c3ccc(OC)nc3)c2)nc2c1ncn2C(=O)NC1CC1. The number of nitrogens with one attached hydrogen (secondary N) is 3. The fourth-order valence-corrected chi connectivity index (χ4v) is 3.33. The first-order chi connectivity index (χ1) is 15.6. The minimum Gasteiger partial charge on any atom is -0.481 e. The Morgan fingerprint density at radius 1 is 1.12 bits per heavy atom. The Balaban J connectivity index is 1.46. The molecule has 1 aromatic carbocycles. The normalized spacial score (nSPS) is 13.1. The molecule has 0 unspecified atom stereocenters. The van der Waals surface area contributed by atoms with Gasteiger partial charge in [0.2, 0.25) is 11.8 Å². The molecule has 5 rings (SSSR count). The van der Waals surface area contributed by atoms with Crippen LogP contribution in [0.2, 0.25) is 0 Å². The highest BCUT2D eigenvalue weighted by Crippen LogP contribution is 2.27. The van der Waals surface area contributed by atoms with E-state index in [-0.39, 0.29) is 12.1 Å². The van der Waals surface area contributed by atoms with Crippen LogP contribution in [-0.4, -0.2) is 50.7 Å². The number of amides is 1. The standard InChI is InChI=1S/C22H22N8O2/c1-23-19-18-20(30(12-25-18)22(31)27-15-7-8-15)29-21(28-19)26-16-5-3-4-13(10-16)14-6-9-17(32-2)24-11-14/h3-6,9-12,15H,7-8H2,1-2H3,(H,27,31)(H2,23,26,28,29). The second kappa shape index (κ2) is 8.14. The van der Waals surface area contributed by atoms with Crippen molar-refractivity contribution >= 4 is 34.6 Å². The Hall–Kier alpha value is -4.21. The van der Waals surface area contributed by atoms with Gasteiger partial charge >= 0.3 is 6.03 Å². The Kier molecular flexibility index (Phi) is 5.02. The van der Waals surface area contributed by atoms with Crippen LogP contribution in [0.1, 0.15) is 12.8 Å². The Morgan fingerprint density at radius 2 is 2.00 bits per heavy atom. The lowest BCUT2D eigenvalue weighted by Crippen LogP contribution is -2.30. The number of nitrogens with zero attached hydrogens (tertiary/aromatic N) is 5. The van der Waals surface area contributed by atoms with Crippen LogP contribution in [0.3, 0.4) is 0 Å². The van der Waals surface area contributed by atoms with Crippen LogP contribution in [0.4, 0.5) is 22.2 Å². The molecule has 1 aliphatic rings. The molecule has 1 amide bonds. The van der Waals surface area contributed by atoms with Crippen LogP contribution >= 0.6 is 0 Å². The third kappa shape index (κ3) is 3.89. The Labute approximate surface area is 184 Å². The molecule has 1 saturated carbocycles. The minimum atomic E-state index is -0.240. The van der Waals surface area contributed by atoms with E-state index in [2.05, 4.69) is 35.9 Å². The lowest BCUT2D eigenvalue weighted by molar-refractivity contribution is 0.242. The van der Waals surface area contributed by atoms with E-state index in [4.69, 9.17) is 4.74 Å². The predicted molar refractivity (Wildman–Crippen MR) is 121 cm³/mol. The monoisotopic (exact) mass is 430 g/mol. The highest BCUT2D eigenvalue weighted by Gasteiger charge is 2.25. The zero-order valence-corrected chi connectivity index (χ0v) is 17.7. The third-order valence-corrected chi connectivity index (χ3v) is 5.15. The molecule has 10 heteroatoms. The molecule has 3 aromatic heterocycles. The zero-order chi connectivity index (χ0) is 22.1. The summed E-state index contributed by atoms with van der Waals surface area (Å²) in [4.78, 5) is 30.2. The molecule has 0 atom stereocenters. The van der Waals surface area contributed by atoms with Crippen molar-refractivity contribution in [3.05, 3.63) is 48.9 Å². The van der Waals surface area contributed by atoms with Gasteiger partial charge in [-0.15, -0.1) is 0 Å². The molecule has 162 valence electrons. The van der Waals surface area contributed by atoms with Crippen molar-refractivity contribution in [2.24, 2.45) is 0 Å². The average molecular weight is 430 g/mol. The molecule has 1 fully saturated rings. The molecule has 0 spiro atoms. The van der Waals surface area contributed by atoms with Gasteiger partial charge in [-0.3, -0.25) is 0 Å². The smallest absolute Gasteiger partial charge is 0.328 e. The number of hydrogen-bond acceptors (Lipinski definition) is 8. The summed E-state index contributed by atoms with van der Waals surface area (Å²) < 4.78 is 6.55. The number of hydrogen-bond donors (Lipinski definition) is 3. The summed E-state index contributed by atoms with van der Waals surface area (Å²) in [5.41, 5.74) is 3.70. The number of fused-ring (bicyclic) bond motifs is 1. The number of benzene rings is 1. The second-order valence-corrected chi connectivity index (χ2v) is 7.45. The van der Waals surface area contributed by atoms with Gasteiger partial charge in [0, 0.05) is 36.6 Å². The molecule has 3 heterocycles. The molecule has 0 aliphatic heterocycles. The summed E-state index contributed by atoms with van der Waals surface area (Å²) >= 11 is 0. The fourth-order valence-electron chi connectivity index (χ4n) is 3.33. The van der Waals surface area contributed by atoms with E-state index in [1.54, 1.807) is 20.4 Å². The molecule has 4 aromatic rings. The van der Waals surface area contributed by atoms with Crippen molar-refractivity contribution in [3.8, 4) is 17.0 Å². The number of imidazole rings is 1. The fraction of sp³-hybridized carbons (Fsp3) is 0.227.